The van der Waals surface area contributed by atoms with E-state index in [0.29, 0.717) is 25.5 Å². The Morgan fingerprint density at radius 2 is 1.91 bits per heavy atom. The van der Waals surface area contributed by atoms with Crippen LogP contribution in [-0.2, 0) is 20.8 Å². The maximum Gasteiger partial charge on any atom is 0.330 e. The van der Waals surface area contributed by atoms with Gasteiger partial charge in [0.15, 0.2) is 0 Å². The average Bonchev–Trinajstić information content (AvgIpc) is 3.37. The van der Waals surface area contributed by atoms with E-state index in [4.69, 9.17) is 14.2 Å². The standard InChI is InChI=1S/C28H28N2O4/c1-3-33-28(31)14-13-23-10-9-21(19-30-16-6-15-29-30)17-26(23)34-20-27(32-2)25-12-11-22-7-4-5-8-24(22)18-25/h4-18,27H,3,19-20H2,1-2H3/b14-13+. The summed E-state index contributed by atoms with van der Waals surface area (Å²) in [6.45, 7) is 3.04. The first-order valence-corrected chi connectivity index (χ1v) is 11.3. The second-order valence-corrected chi connectivity index (χ2v) is 7.80. The molecule has 174 valence electrons. The molecule has 0 aliphatic rings. The van der Waals surface area contributed by atoms with Gasteiger partial charge in [-0.3, -0.25) is 4.68 Å². The summed E-state index contributed by atoms with van der Waals surface area (Å²) in [6, 6.07) is 22.3. The predicted octanol–water partition coefficient (Wildman–Crippen LogP) is 5.43. The zero-order chi connectivity index (χ0) is 23.8. The van der Waals surface area contributed by atoms with Gasteiger partial charge in [-0.15, -0.1) is 0 Å². The van der Waals surface area contributed by atoms with E-state index < -0.39 is 0 Å². The van der Waals surface area contributed by atoms with Gasteiger partial charge in [0.2, 0.25) is 0 Å². The highest BCUT2D eigenvalue weighted by Gasteiger charge is 2.14. The zero-order valence-electron chi connectivity index (χ0n) is 19.4. The van der Waals surface area contributed by atoms with Gasteiger partial charge in [0, 0.05) is 31.1 Å². The molecular formula is C28H28N2O4. The molecule has 0 radical (unpaired) electrons. The monoisotopic (exact) mass is 456 g/mol. The lowest BCUT2D eigenvalue weighted by Gasteiger charge is -2.19. The van der Waals surface area contributed by atoms with Gasteiger partial charge < -0.3 is 14.2 Å². The van der Waals surface area contributed by atoms with Gasteiger partial charge in [-0.25, -0.2) is 4.79 Å². The summed E-state index contributed by atoms with van der Waals surface area (Å²) in [5.74, 6) is 0.271. The summed E-state index contributed by atoms with van der Waals surface area (Å²) in [5, 5.41) is 6.61. The number of esters is 1. The molecule has 1 atom stereocenters. The van der Waals surface area contributed by atoms with Gasteiger partial charge in [-0.05, 0) is 53.1 Å². The van der Waals surface area contributed by atoms with Crippen LogP contribution in [-0.4, -0.2) is 36.1 Å². The fourth-order valence-electron chi connectivity index (χ4n) is 3.74. The second kappa shape index (κ2) is 11.3. The molecule has 34 heavy (non-hydrogen) atoms. The molecule has 0 amide bonds. The molecule has 0 saturated carbocycles. The van der Waals surface area contributed by atoms with Crippen LogP contribution in [0, 0.1) is 0 Å². The molecule has 0 aliphatic carbocycles. The van der Waals surface area contributed by atoms with Crippen LogP contribution in [0.15, 0.2) is 85.2 Å². The number of benzene rings is 3. The minimum Gasteiger partial charge on any atom is -0.490 e. The molecule has 1 aromatic heterocycles. The van der Waals surface area contributed by atoms with Crippen LogP contribution >= 0.6 is 0 Å². The van der Waals surface area contributed by atoms with Crippen molar-refractivity contribution < 1.29 is 19.0 Å². The Labute approximate surface area is 199 Å². The third-order valence-corrected chi connectivity index (χ3v) is 5.49. The first kappa shape index (κ1) is 23.3. The fourth-order valence-corrected chi connectivity index (χ4v) is 3.74. The van der Waals surface area contributed by atoms with Gasteiger partial charge in [0.25, 0.3) is 0 Å². The van der Waals surface area contributed by atoms with Crippen molar-refractivity contribution in [3.63, 3.8) is 0 Å². The van der Waals surface area contributed by atoms with E-state index in [9.17, 15) is 4.79 Å². The van der Waals surface area contributed by atoms with Crippen LogP contribution in [0.2, 0.25) is 0 Å². The third kappa shape index (κ3) is 5.91. The normalized spacial score (nSPS) is 12.2. The van der Waals surface area contributed by atoms with Gasteiger partial charge >= 0.3 is 5.97 Å². The summed E-state index contributed by atoms with van der Waals surface area (Å²) in [6.07, 6.45) is 6.54. The minimum absolute atomic E-state index is 0.249. The van der Waals surface area contributed by atoms with E-state index in [1.165, 1.54) is 11.5 Å². The maximum absolute atomic E-state index is 11.8. The topological polar surface area (TPSA) is 62.6 Å². The first-order valence-electron chi connectivity index (χ1n) is 11.3. The van der Waals surface area contributed by atoms with Crippen molar-refractivity contribution in [1.82, 2.24) is 9.78 Å². The lowest BCUT2D eigenvalue weighted by Crippen LogP contribution is -2.13. The highest BCUT2D eigenvalue weighted by molar-refractivity contribution is 5.87. The number of fused-ring (bicyclic) bond motifs is 1. The van der Waals surface area contributed by atoms with Gasteiger partial charge in [0.1, 0.15) is 18.5 Å². The van der Waals surface area contributed by atoms with E-state index in [2.05, 4.69) is 35.4 Å². The van der Waals surface area contributed by atoms with Crippen molar-refractivity contribution in [3.05, 3.63) is 102 Å². The Hall–Kier alpha value is -3.90. The number of carbonyl (C=O) groups excluding carboxylic acids is 1. The first-order chi connectivity index (χ1) is 16.7. The van der Waals surface area contributed by atoms with Crippen molar-refractivity contribution in [2.75, 3.05) is 20.3 Å². The second-order valence-electron chi connectivity index (χ2n) is 7.80. The Morgan fingerprint density at radius 1 is 1.06 bits per heavy atom. The molecule has 0 aliphatic heterocycles. The van der Waals surface area contributed by atoms with Gasteiger partial charge in [0.05, 0.1) is 13.2 Å². The lowest BCUT2D eigenvalue weighted by atomic mass is 10.0. The van der Waals surface area contributed by atoms with Crippen LogP contribution in [0.1, 0.15) is 29.7 Å². The van der Waals surface area contributed by atoms with Crippen molar-refractivity contribution in [1.29, 1.82) is 0 Å². The molecule has 0 bridgehead atoms. The number of ether oxygens (including phenoxy) is 3. The Balaban J connectivity index is 1.56. The van der Waals surface area contributed by atoms with Crippen LogP contribution in [0.4, 0.5) is 0 Å². The summed E-state index contributed by atoms with van der Waals surface area (Å²) in [5.41, 5.74) is 2.86. The number of hydrogen-bond acceptors (Lipinski definition) is 5. The van der Waals surface area contributed by atoms with E-state index in [0.717, 1.165) is 22.1 Å². The van der Waals surface area contributed by atoms with Crippen molar-refractivity contribution >= 4 is 22.8 Å². The van der Waals surface area contributed by atoms with Crippen LogP contribution in [0.3, 0.4) is 0 Å². The van der Waals surface area contributed by atoms with Crippen LogP contribution < -0.4 is 4.74 Å². The number of rotatable bonds is 10. The van der Waals surface area contributed by atoms with Crippen molar-refractivity contribution in [3.8, 4) is 5.75 Å². The van der Waals surface area contributed by atoms with E-state index in [1.807, 2.05) is 47.3 Å². The molecular weight excluding hydrogens is 428 g/mol. The Morgan fingerprint density at radius 3 is 2.68 bits per heavy atom. The fraction of sp³-hybridized carbons (Fsp3) is 0.214. The van der Waals surface area contributed by atoms with Gasteiger partial charge in [-0.2, -0.15) is 5.10 Å². The van der Waals surface area contributed by atoms with E-state index >= 15 is 0 Å². The van der Waals surface area contributed by atoms with Crippen molar-refractivity contribution in [2.45, 2.75) is 19.6 Å². The molecule has 1 unspecified atom stereocenters. The number of hydrogen-bond donors (Lipinski definition) is 0. The summed E-state index contributed by atoms with van der Waals surface area (Å²) in [4.78, 5) is 11.8. The average molecular weight is 457 g/mol. The molecule has 6 heteroatoms. The predicted molar refractivity (Wildman–Crippen MR) is 133 cm³/mol. The maximum atomic E-state index is 11.8. The third-order valence-electron chi connectivity index (χ3n) is 5.49. The molecule has 6 nitrogen and oxygen atoms in total. The lowest BCUT2D eigenvalue weighted by molar-refractivity contribution is -0.137. The molecule has 1 heterocycles. The minimum atomic E-state index is -0.389. The summed E-state index contributed by atoms with van der Waals surface area (Å²) < 4.78 is 18.9. The molecule has 0 fully saturated rings. The molecule has 0 saturated heterocycles. The van der Waals surface area contributed by atoms with E-state index in [-0.39, 0.29) is 12.1 Å². The Bertz CT molecular complexity index is 1260. The number of methoxy groups -OCH3 is 1. The summed E-state index contributed by atoms with van der Waals surface area (Å²) >= 11 is 0. The van der Waals surface area contributed by atoms with Crippen molar-refractivity contribution in [2.24, 2.45) is 0 Å². The highest BCUT2D eigenvalue weighted by Crippen LogP contribution is 2.27. The van der Waals surface area contributed by atoms with E-state index in [1.54, 1.807) is 26.3 Å². The van der Waals surface area contributed by atoms with Gasteiger partial charge in [-0.1, -0.05) is 48.5 Å². The highest BCUT2D eigenvalue weighted by atomic mass is 16.5. The zero-order valence-corrected chi connectivity index (χ0v) is 19.4. The Kier molecular flexibility index (Phi) is 7.73. The van der Waals surface area contributed by atoms with Crippen LogP contribution in [0.5, 0.6) is 5.75 Å². The smallest absolute Gasteiger partial charge is 0.330 e. The SMILES string of the molecule is CCOC(=O)/C=C/c1ccc(Cn2cccn2)cc1OCC(OC)c1ccc2ccccc2c1. The molecule has 3 aromatic carbocycles. The number of nitrogens with zero attached hydrogens (tertiary/aromatic N) is 2. The summed E-state index contributed by atoms with van der Waals surface area (Å²) in [7, 11) is 1.68. The molecule has 4 aromatic rings. The largest absolute Gasteiger partial charge is 0.490 e. The molecule has 0 spiro atoms. The number of aromatic nitrogens is 2. The quantitative estimate of drug-likeness (QED) is 0.235. The number of carbonyl (C=O) groups is 1. The molecule has 0 N–H and O–H groups in total. The van der Waals surface area contributed by atoms with Crippen LogP contribution in [0.25, 0.3) is 16.8 Å². The molecule has 4 rings (SSSR count).